The van der Waals surface area contributed by atoms with E-state index in [-0.39, 0.29) is 12.4 Å². The Morgan fingerprint density at radius 2 is 1.84 bits per heavy atom. The molecule has 4 aliphatic rings. The predicted octanol–water partition coefficient (Wildman–Crippen LogP) is 5.59. The van der Waals surface area contributed by atoms with Gasteiger partial charge in [0.1, 0.15) is 11.4 Å². The Kier molecular flexibility index (Phi) is 4.10. The molecule has 25 heavy (non-hydrogen) atoms. The molecule has 0 radical (unpaired) electrons. The molecule has 4 bridgehead atoms. The van der Waals surface area contributed by atoms with Crippen molar-refractivity contribution in [2.45, 2.75) is 58.5 Å². The van der Waals surface area contributed by atoms with E-state index in [2.05, 4.69) is 45.1 Å². The molecular formula is C22H26O3. The average molecular weight is 338 g/mol. The first-order chi connectivity index (χ1) is 12.0. The molecule has 0 N–H and O–H groups in total. The van der Waals surface area contributed by atoms with Gasteiger partial charge >= 0.3 is 0 Å². The van der Waals surface area contributed by atoms with E-state index >= 15 is 0 Å². The van der Waals surface area contributed by atoms with Crippen molar-refractivity contribution in [3.63, 3.8) is 0 Å². The van der Waals surface area contributed by atoms with E-state index in [1.54, 1.807) is 0 Å². The first-order valence-electron chi connectivity index (χ1n) is 9.19. The van der Waals surface area contributed by atoms with Gasteiger partial charge in [0.05, 0.1) is 0 Å². The summed E-state index contributed by atoms with van der Waals surface area (Å²) in [5.41, 5.74) is 4.86. The lowest BCUT2D eigenvalue weighted by molar-refractivity contribution is 0.128. The molecule has 3 nitrogen and oxygen atoms in total. The zero-order chi connectivity index (χ0) is 17.4. The highest BCUT2D eigenvalue weighted by atomic mass is 16.7. The summed E-state index contributed by atoms with van der Waals surface area (Å²) in [6.07, 6.45) is 14.2. The first kappa shape index (κ1) is 16.3. The van der Waals surface area contributed by atoms with Gasteiger partial charge in [-0.25, -0.2) is 0 Å². The van der Waals surface area contributed by atoms with Gasteiger partial charge in [-0.1, -0.05) is 29.4 Å². The Bertz CT molecular complexity index is 785. The third-order valence-electron chi connectivity index (χ3n) is 5.33. The highest BCUT2D eigenvalue weighted by molar-refractivity contribution is 5.72. The van der Waals surface area contributed by atoms with Crippen LogP contribution in [0, 0.1) is 0 Å². The molecule has 1 aliphatic carbocycles. The van der Waals surface area contributed by atoms with Crippen molar-refractivity contribution in [3.8, 4) is 17.2 Å². The topological polar surface area (TPSA) is 27.7 Å². The van der Waals surface area contributed by atoms with E-state index < -0.39 is 0 Å². The first-order valence-corrected chi connectivity index (χ1v) is 9.19. The maximum atomic E-state index is 6.43. The van der Waals surface area contributed by atoms with Crippen molar-refractivity contribution < 1.29 is 14.2 Å². The molecule has 0 amide bonds. The molecule has 0 spiro atoms. The third kappa shape index (κ3) is 3.20. The Morgan fingerprint density at radius 3 is 2.72 bits per heavy atom. The smallest absolute Gasteiger partial charge is 0.231 e. The molecule has 3 heteroatoms. The quantitative estimate of drug-likeness (QED) is 0.577. The van der Waals surface area contributed by atoms with Crippen LogP contribution in [0.4, 0.5) is 0 Å². The highest BCUT2D eigenvalue weighted by Gasteiger charge is 2.32. The maximum Gasteiger partial charge on any atom is 0.231 e. The minimum atomic E-state index is -0.274. The molecule has 0 fully saturated rings. The van der Waals surface area contributed by atoms with Gasteiger partial charge in [0.15, 0.2) is 11.5 Å². The van der Waals surface area contributed by atoms with Crippen molar-refractivity contribution in [1.29, 1.82) is 0 Å². The van der Waals surface area contributed by atoms with Gasteiger partial charge < -0.3 is 14.2 Å². The van der Waals surface area contributed by atoms with Gasteiger partial charge in [-0.15, -0.1) is 0 Å². The SMILES string of the molecule is C/C1=C/CC/C(C)=C/CC[C@]2(C)C=Cc3c(cc4c(c3C1)OCO4)O2. The van der Waals surface area contributed by atoms with E-state index in [4.69, 9.17) is 14.2 Å². The minimum Gasteiger partial charge on any atom is -0.483 e. The van der Waals surface area contributed by atoms with Crippen molar-refractivity contribution in [2.75, 3.05) is 6.79 Å². The fourth-order valence-electron chi connectivity index (χ4n) is 3.83. The normalized spacial score (nSPS) is 29.2. The summed E-state index contributed by atoms with van der Waals surface area (Å²) in [4.78, 5) is 0. The Labute approximate surface area is 150 Å². The summed E-state index contributed by atoms with van der Waals surface area (Å²) >= 11 is 0. The second-order valence-electron chi connectivity index (χ2n) is 7.60. The predicted molar refractivity (Wildman–Crippen MR) is 100 cm³/mol. The number of rotatable bonds is 0. The van der Waals surface area contributed by atoms with Gasteiger partial charge in [0.2, 0.25) is 6.79 Å². The number of allylic oxidation sites excluding steroid dienone is 4. The van der Waals surface area contributed by atoms with Crippen molar-refractivity contribution in [2.24, 2.45) is 0 Å². The van der Waals surface area contributed by atoms with E-state index in [1.165, 1.54) is 16.7 Å². The number of fused-ring (bicyclic) bond motifs is 7. The molecule has 1 aromatic carbocycles. The fourth-order valence-corrected chi connectivity index (χ4v) is 3.83. The van der Waals surface area contributed by atoms with Crippen LogP contribution in [0.3, 0.4) is 0 Å². The molecule has 5 rings (SSSR count). The molecule has 0 unspecified atom stereocenters. The second kappa shape index (κ2) is 6.29. The van der Waals surface area contributed by atoms with Crippen molar-refractivity contribution in [1.82, 2.24) is 0 Å². The van der Waals surface area contributed by atoms with Crippen LogP contribution in [0.2, 0.25) is 0 Å². The highest BCUT2D eigenvalue weighted by Crippen LogP contribution is 2.47. The van der Waals surface area contributed by atoms with Crippen LogP contribution in [0.15, 0.2) is 35.4 Å². The van der Waals surface area contributed by atoms with E-state index in [9.17, 15) is 0 Å². The molecule has 0 saturated heterocycles. The Morgan fingerprint density at radius 1 is 1.00 bits per heavy atom. The largest absolute Gasteiger partial charge is 0.483 e. The van der Waals surface area contributed by atoms with Crippen LogP contribution in [-0.4, -0.2) is 12.4 Å². The minimum absolute atomic E-state index is 0.274. The van der Waals surface area contributed by atoms with E-state index in [0.717, 1.165) is 54.9 Å². The van der Waals surface area contributed by atoms with Gasteiger partial charge in [-0.2, -0.15) is 0 Å². The van der Waals surface area contributed by atoms with Crippen LogP contribution in [0.25, 0.3) is 6.08 Å². The third-order valence-corrected chi connectivity index (χ3v) is 5.33. The molecular weight excluding hydrogens is 312 g/mol. The summed E-state index contributed by atoms with van der Waals surface area (Å²) in [5, 5.41) is 0. The van der Waals surface area contributed by atoms with E-state index in [1.807, 2.05) is 6.07 Å². The standard InChI is InChI=1S/C22H26O3/c1-15-6-4-7-16(2)12-18-17-9-11-22(3,10-5-8-15)25-19(17)13-20-21(18)24-14-23-20/h7-9,11,13H,4-6,10,12,14H2,1-3H3/b15-8+,16-7-/t22-/m1/s1. The second-order valence-corrected chi connectivity index (χ2v) is 7.60. The monoisotopic (exact) mass is 338 g/mol. The fraction of sp³-hybridized carbons (Fsp3) is 0.455. The zero-order valence-corrected chi connectivity index (χ0v) is 15.4. The summed E-state index contributed by atoms with van der Waals surface area (Å²) < 4.78 is 17.9. The van der Waals surface area contributed by atoms with Crippen LogP contribution in [-0.2, 0) is 6.42 Å². The van der Waals surface area contributed by atoms with Gasteiger partial charge in [0, 0.05) is 17.2 Å². The number of ether oxygens (including phenoxy) is 3. The van der Waals surface area contributed by atoms with Gasteiger partial charge in [-0.05, 0) is 59.0 Å². The van der Waals surface area contributed by atoms with E-state index in [0.29, 0.717) is 0 Å². The number of benzene rings is 1. The Hall–Kier alpha value is -2.16. The lowest BCUT2D eigenvalue weighted by Crippen LogP contribution is -2.32. The zero-order valence-electron chi connectivity index (χ0n) is 15.4. The molecule has 132 valence electrons. The van der Waals surface area contributed by atoms with Crippen LogP contribution in [0.1, 0.15) is 57.6 Å². The molecule has 1 aromatic rings. The summed E-state index contributed by atoms with van der Waals surface area (Å²) in [6, 6.07) is 1.99. The van der Waals surface area contributed by atoms with Crippen molar-refractivity contribution in [3.05, 3.63) is 46.6 Å². The summed E-state index contributed by atoms with van der Waals surface area (Å²) in [7, 11) is 0. The summed E-state index contributed by atoms with van der Waals surface area (Å²) in [5.74, 6) is 2.60. The lowest BCUT2D eigenvalue weighted by Gasteiger charge is -2.32. The molecule has 3 heterocycles. The molecule has 3 aliphatic heterocycles. The molecule has 0 aromatic heterocycles. The molecule has 1 atom stereocenters. The summed E-state index contributed by atoms with van der Waals surface area (Å²) in [6.45, 7) is 6.88. The van der Waals surface area contributed by atoms with Crippen LogP contribution in [0.5, 0.6) is 17.2 Å². The van der Waals surface area contributed by atoms with Gasteiger partial charge in [0.25, 0.3) is 0 Å². The van der Waals surface area contributed by atoms with Crippen LogP contribution < -0.4 is 14.2 Å². The Balaban J connectivity index is 1.81. The maximum absolute atomic E-state index is 6.43. The average Bonchev–Trinajstić information content (AvgIpc) is 3.01. The lowest BCUT2D eigenvalue weighted by atomic mass is 9.90. The molecule has 0 saturated carbocycles. The van der Waals surface area contributed by atoms with Crippen LogP contribution >= 0.6 is 0 Å². The number of hydrogen-bond acceptors (Lipinski definition) is 3. The number of hydrogen-bond donors (Lipinski definition) is 0. The van der Waals surface area contributed by atoms with Crippen molar-refractivity contribution >= 4 is 6.08 Å². The van der Waals surface area contributed by atoms with Gasteiger partial charge in [-0.3, -0.25) is 0 Å².